The first-order valence-corrected chi connectivity index (χ1v) is 4.77. The van der Waals surface area contributed by atoms with Crippen LogP contribution in [0, 0.1) is 7.43 Å². The first kappa shape index (κ1) is 15.8. The van der Waals surface area contributed by atoms with Gasteiger partial charge >= 0.3 is 0 Å². The van der Waals surface area contributed by atoms with E-state index in [9.17, 15) is 0 Å². The smallest absolute Gasteiger partial charge is 0.0410 e. The van der Waals surface area contributed by atoms with Crippen molar-refractivity contribution in [3.63, 3.8) is 0 Å². The second kappa shape index (κ2) is 10.3. The summed E-state index contributed by atoms with van der Waals surface area (Å²) in [4.78, 5) is 0. The van der Waals surface area contributed by atoms with Crippen LogP contribution in [0.1, 0.15) is 6.92 Å². The van der Waals surface area contributed by atoms with Crippen LogP contribution in [0.25, 0.3) is 0 Å². The summed E-state index contributed by atoms with van der Waals surface area (Å²) in [6, 6.07) is 1.41. The molecule has 0 aliphatic heterocycles. The molecule has 0 nitrogen and oxygen atoms in total. The summed E-state index contributed by atoms with van der Waals surface area (Å²) in [6.07, 6.45) is 0. The van der Waals surface area contributed by atoms with Crippen LogP contribution in [0.4, 0.5) is 0 Å². The number of rotatable bonds is 1. The van der Waals surface area contributed by atoms with Gasteiger partial charge in [-0.2, -0.15) is 0 Å². The van der Waals surface area contributed by atoms with Crippen molar-refractivity contribution in [3.05, 3.63) is 7.43 Å². The van der Waals surface area contributed by atoms with E-state index >= 15 is 0 Å². The Kier molecular flexibility index (Phi) is 23.2. The van der Waals surface area contributed by atoms with Crippen molar-refractivity contribution >= 4 is 8.80 Å². The SMILES string of the molecule is CC[Si](C)C.[CH3-].[Y]. The van der Waals surface area contributed by atoms with E-state index in [1.54, 1.807) is 0 Å². The van der Waals surface area contributed by atoms with Crippen molar-refractivity contribution in [2.75, 3.05) is 0 Å². The predicted octanol–water partition coefficient (Wildman–Crippen LogP) is 2.21. The van der Waals surface area contributed by atoms with Gasteiger partial charge in [-0.1, -0.05) is 26.1 Å². The second-order valence-corrected chi connectivity index (χ2v) is 4.68. The normalized spacial score (nSPS) is 6.86. The van der Waals surface area contributed by atoms with Gasteiger partial charge in [0, 0.05) is 41.5 Å². The van der Waals surface area contributed by atoms with Crippen molar-refractivity contribution in [3.8, 4) is 0 Å². The van der Waals surface area contributed by atoms with Crippen LogP contribution in [0.15, 0.2) is 0 Å². The maximum Gasteiger partial charge on any atom is 0.0410 e. The Morgan fingerprint density at radius 3 is 1.43 bits per heavy atom. The Bertz CT molecular complexity index is 22.0. The third-order valence-corrected chi connectivity index (χ3v) is 2.12. The Morgan fingerprint density at radius 2 is 1.43 bits per heavy atom. The summed E-state index contributed by atoms with van der Waals surface area (Å²) >= 11 is 0. The Morgan fingerprint density at radius 1 is 1.29 bits per heavy atom. The van der Waals surface area contributed by atoms with Gasteiger partial charge in [0.1, 0.15) is 0 Å². The summed E-state index contributed by atoms with van der Waals surface area (Å²) < 4.78 is 0. The molecule has 0 saturated heterocycles. The van der Waals surface area contributed by atoms with Gasteiger partial charge in [-0.05, 0) is 0 Å². The first-order valence-electron chi connectivity index (χ1n) is 2.06. The molecular weight excluding hydrogens is 177 g/mol. The average Bonchev–Trinajstić information content (AvgIpc) is 1.38. The fraction of sp³-hybridized carbons (Fsp3) is 0.800. The van der Waals surface area contributed by atoms with Gasteiger partial charge in [-0.25, -0.2) is 0 Å². The van der Waals surface area contributed by atoms with E-state index in [4.69, 9.17) is 0 Å². The fourth-order valence-electron chi connectivity index (χ4n) is 0. The number of hydrogen-bond acceptors (Lipinski definition) is 0. The first-order chi connectivity index (χ1) is 2.27. The summed E-state index contributed by atoms with van der Waals surface area (Å²) in [5.41, 5.74) is 0. The molecule has 0 unspecified atom stereocenters. The monoisotopic (exact) mass is 191 g/mol. The van der Waals surface area contributed by atoms with Crippen molar-refractivity contribution in [1.29, 1.82) is 0 Å². The largest absolute Gasteiger partial charge is 0.358 e. The minimum atomic E-state index is 0. The molecule has 0 aromatic heterocycles. The fourth-order valence-corrected chi connectivity index (χ4v) is 0. The van der Waals surface area contributed by atoms with Crippen LogP contribution in [-0.4, -0.2) is 8.80 Å². The van der Waals surface area contributed by atoms with Crippen LogP contribution in [-0.2, 0) is 32.7 Å². The molecule has 0 aromatic carbocycles. The topological polar surface area (TPSA) is 0 Å². The van der Waals surface area contributed by atoms with E-state index < -0.39 is 0 Å². The molecule has 0 rings (SSSR count). The van der Waals surface area contributed by atoms with Gasteiger partial charge in [-0.3, -0.25) is 0 Å². The Hall–Kier alpha value is 1.32. The minimum absolute atomic E-state index is 0. The van der Waals surface area contributed by atoms with Gasteiger partial charge in [0.25, 0.3) is 0 Å². The molecule has 0 amide bonds. The molecule has 0 heterocycles. The maximum absolute atomic E-state index is 2.32. The molecule has 0 bridgehead atoms. The van der Waals surface area contributed by atoms with Crippen molar-refractivity contribution in [2.24, 2.45) is 0 Å². The third-order valence-electron chi connectivity index (χ3n) is 0.707. The molecule has 0 N–H and O–H groups in total. The molecule has 0 atom stereocenters. The van der Waals surface area contributed by atoms with Crippen LogP contribution >= 0.6 is 0 Å². The Labute approximate surface area is 74.6 Å². The Balaban J connectivity index is -0.0000000800. The molecule has 2 heteroatoms. The minimum Gasteiger partial charge on any atom is -0.358 e. The van der Waals surface area contributed by atoms with Gasteiger partial charge in [-0.15, -0.1) is 0 Å². The standard InChI is InChI=1S/C4H11Si.CH3.Y/c1-4-5(2)3;;/h4H2,1-3H3;1H3;/q;-1;. The molecular formula is C5H14SiY-. The van der Waals surface area contributed by atoms with Crippen LogP contribution < -0.4 is 0 Å². The molecule has 0 spiro atoms. The van der Waals surface area contributed by atoms with Gasteiger partial charge in [0.05, 0.1) is 0 Å². The van der Waals surface area contributed by atoms with E-state index in [1.165, 1.54) is 6.04 Å². The molecule has 0 aromatic rings. The third kappa shape index (κ3) is 18.8. The number of hydrogen-bond donors (Lipinski definition) is 0. The molecule has 2 radical (unpaired) electrons. The molecule has 0 fully saturated rings. The van der Waals surface area contributed by atoms with E-state index in [2.05, 4.69) is 20.0 Å². The van der Waals surface area contributed by atoms with Gasteiger partial charge in [0.15, 0.2) is 0 Å². The average molecular weight is 191 g/mol. The zero-order chi connectivity index (χ0) is 4.28. The van der Waals surface area contributed by atoms with Crippen molar-refractivity contribution in [2.45, 2.75) is 26.1 Å². The molecule has 0 aliphatic carbocycles. The van der Waals surface area contributed by atoms with E-state index in [0.717, 1.165) is 0 Å². The molecule has 42 valence electrons. The zero-order valence-electron chi connectivity index (χ0n) is 5.78. The second-order valence-electron chi connectivity index (χ2n) is 1.56. The van der Waals surface area contributed by atoms with Crippen LogP contribution in [0.2, 0.25) is 19.1 Å². The maximum atomic E-state index is 2.32. The molecule has 0 aliphatic rings. The molecule has 7 heavy (non-hydrogen) atoms. The van der Waals surface area contributed by atoms with Crippen LogP contribution in [0.3, 0.4) is 0 Å². The summed E-state index contributed by atoms with van der Waals surface area (Å²) in [7, 11) is 0.126. The van der Waals surface area contributed by atoms with Crippen LogP contribution in [0.5, 0.6) is 0 Å². The summed E-state index contributed by atoms with van der Waals surface area (Å²) in [6.45, 7) is 6.89. The van der Waals surface area contributed by atoms with E-state index in [-0.39, 0.29) is 48.9 Å². The van der Waals surface area contributed by atoms with E-state index in [1.807, 2.05) is 0 Å². The van der Waals surface area contributed by atoms with Crippen molar-refractivity contribution < 1.29 is 32.7 Å². The van der Waals surface area contributed by atoms with Crippen molar-refractivity contribution in [1.82, 2.24) is 0 Å². The molecule has 0 saturated carbocycles. The van der Waals surface area contributed by atoms with E-state index in [0.29, 0.717) is 0 Å². The van der Waals surface area contributed by atoms with Gasteiger partial charge < -0.3 is 7.43 Å². The quantitative estimate of drug-likeness (QED) is 0.440. The van der Waals surface area contributed by atoms with Gasteiger partial charge in [0.2, 0.25) is 0 Å². The predicted molar refractivity (Wildman–Crippen MR) is 34.4 cm³/mol. The zero-order valence-corrected chi connectivity index (χ0v) is 9.62. The summed E-state index contributed by atoms with van der Waals surface area (Å²) in [5.74, 6) is 0. The summed E-state index contributed by atoms with van der Waals surface area (Å²) in [5, 5.41) is 0.